The molecule has 0 unspecified atom stereocenters. The molecule has 1 aliphatic rings. The van der Waals surface area contributed by atoms with Gasteiger partial charge in [0.2, 0.25) is 0 Å². The SMILES string of the molecule is COC(=O)c1ccc(-c2ccc(OCC3CCN(CC(F)(F)C(F)(F)F)CC3)cn2)cc1F. The molecule has 5 nitrogen and oxygen atoms in total. The summed E-state index contributed by atoms with van der Waals surface area (Å²) >= 11 is 0. The van der Waals surface area contributed by atoms with E-state index in [0.29, 0.717) is 29.8 Å². The molecular weight excluding hydrogens is 454 g/mol. The van der Waals surface area contributed by atoms with E-state index in [1.54, 1.807) is 12.1 Å². The fourth-order valence-corrected chi connectivity index (χ4v) is 3.48. The van der Waals surface area contributed by atoms with Gasteiger partial charge in [0, 0.05) is 5.56 Å². The summed E-state index contributed by atoms with van der Waals surface area (Å²) in [7, 11) is 1.16. The van der Waals surface area contributed by atoms with Gasteiger partial charge in [0.1, 0.15) is 11.6 Å². The Morgan fingerprint density at radius 1 is 1.12 bits per heavy atom. The van der Waals surface area contributed by atoms with Crippen LogP contribution in [0.1, 0.15) is 23.2 Å². The Labute approximate surface area is 186 Å². The largest absolute Gasteiger partial charge is 0.492 e. The maximum atomic E-state index is 14.1. The van der Waals surface area contributed by atoms with Crippen LogP contribution in [0.2, 0.25) is 0 Å². The number of nitrogens with zero attached hydrogens (tertiary/aromatic N) is 2. The molecule has 0 spiro atoms. The summed E-state index contributed by atoms with van der Waals surface area (Å²) in [6, 6.07) is 7.26. The van der Waals surface area contributed by atoms with Gasteiger partial charge in [-0.1, -0.05) is 6.07 Å². The van der Waals surface area contributed by atoms with Crippen molar-refractivity contribution in [3.8, 4) is 17.0 Å². The molecule has 2 heterocycles. The zero-order valence-corrected chi connectivity index (χ0v) is 17.7. The molecule has 0 bridgehead atoms. The van der Waals surface area contributed by atoms with E-state index >= 15 is 0 Å². The van der Waals surface area contributed by atoms with Gasteiger partial charge in [-0.25, -0.2) is 9.18 Å². The number of carbonyl (C=O) groups is 1. The highest BCUT2D eigenvalue weighted by Gasteiger charge is 2.58. The lowest BCUT2D eigenvalue weighted by Crippen LogP contribution is -2.49. The van der Waals surface area contributed by atoms with Crippen LogP contribution in [0.5, 0.6) is 5.75 Å². The molecule has 11 heteroatoms. The molecule has 1 aromatic heterocycles. The smallest absolute Gasteiger partial charge is 0.454 e. The van der Waals surface area contributed by atoms with Crippen molar-refractivity contribution in [2.45, 2.75) is 24.9 Å². The predicted octanol–water partition coefficient (Wildman–Crippen LogP) is 4.96. The van der Waals surface area contributed by atoms with Gasteiger partial charge >= 0.3 is 18.1 Å². The number of ether oxygens (including phenoxy) is 2. The van der Waals surface area contributed by atoms with Crippen LogP contribution in [0, 0.1) is 11.7 Å². The molecule has 0 N–H and O–H groups in total. The number of benzene rings is 1. The monoisotopic (exact) mass is 476 g/mol. The first-order valence-corrected chi connectivity index (χ1v) is 10.1. The summed E-state index contributed by atoms with van der Waals surface area (Å²) in [5.74, 6) is -5.79. The highest BCUT2D eigenvalue weighted by Crippen LogP contribution is 2.36. The highest BCUT2D eigenvalue weighted by atomic mass is 19.4. The number of halogens is 6. The van der Waals surface area contributed by atoms with Crippen molar-refractivity contribution in [2.75, 3.05) is 33.4 Å². The summed E-state index contributed by atoms with van der Waals surface area (Å²) in [5, 5.41) is 0. The molecule has 0 atom stereocenters. The van der Waals surface area contributed by atoms with Crippen LogP contribution in [0.15, 0.2) is 36.5 Å². The maximum Gasteiger partial charge on any atom is 0.454 e. The van der Waals surface area contributed by atoms with E-state index in [-0.39, 0.29) is 31.2 Å². The van der Waals surface area contributed by atoms with Crippen LogP contribution in [0.25, 0.3) is 11.3 Å². The van der Waals surface area contributed by atoms with Gasteiger partial charge in [-0.15, -0.1) is 0 Å². The van der Waals surface area contributed by atoms with Crippen molar-refractivity contribution < 1.29 is 40.6 Å². The van der Waals surface area contributed by atoms with Gasteiger partial charge in [-0.05, 0) is 56.1 Å². The summed E-state index contributed by atoms with van der Waals surface area (Å²) in [4.78, 5) is 16.8. The molecule has 2 aromatic rings. The maximum absolute atomic E-state index is 14.1. The van der Waals surface area contributed by atoms with Crippen molar-refractivity contribution in [1.82, 2.24) is 9.88 Å². The van der Waals surface area contributed by atoms with Crippen LogP contribution in [0.3, 0.4) is 0 Å². The summed E-state index contributed by atoms with van der Waals surface area (Å²) < 4.78 is 87.7. The third-order valence-electron chi connectivity index (χ3n) is 5.44. The first kappa shape index (κ1) is 24.8. The van der Waals surface area contributed by atoms with E-state index in [1.807, 2.05) is 0 Å². The van der Waals surface area contributed by atoms with Crippen LogP contribution >= 0.6 is 0 Å². The molecule has 0 radical (unpaired) electrons. The van der Waals surface area contributed by atoms with Crippen molar-refractivity contribution >= 4 is 5.97 Å². The molecule has 0 amide bonds. The number of carbonyl (C=O) groups excluding carboxylic acids is 1. The number of likely N-dealkylation sites (tertiary alicyclic amines) is 1. The number of hydrogen-bond acceptors (Lipinski definition) is 5. The number of esters is 1. The minimum Gasteiger partial charge on any atom is -0.492 e. The van der Waals surface area contributed by atoms with E-state index < -0.39 is 30.4 Å². The van der Waals surface area contributed by atoms with Gasteiger partial charge in [-0.2, -0.15) is 22.0 Å². The number of hydrogen-bond donors (Lipinski definition) is 0. The highest BCUT2D eigenvalue weighted by molar-refractivity contribution is 5.90. The molecule has 3 rings (SSSR count). The number of aromatic nitrogens is 1. The Morgan fingerprint density at radius 2 is 1.82 bits per heavy atom. The lowest BCUT2D eigenvalue weighted by atomic mass is 9.97. The lowest BCUT2D eigenvalue weighted by molar-refractivity contribution is -0.287. The molecule has 0 aliphatic carbocycles. The first-order chi connectivity index (χ1) is 15.5. The fraction of sp³-hybridized carbons (Fsp3) is 0.455. The van der Waals surface area contributed by atoms with Gasteiger partial charge in [0.15, 0.2) is 0 Å². The second kappa shape index (κ2) is 9.98. The molecular formula is C22H22F6N2O3. The Hall–Kier alpha value is -2.82. The molecule has 1 aromatic carbocycles. The first-order valence-electron chi connectivity index (χ1n) is 10.1. The predicted molar refractivity (Wildman–Crippen MR) is 107 cm³/mol. The second-order valence-electron chi connectivity index (χ2n) is 7.80. The minimum absolute atomic E-state index is 0.0143. The molecule has 1 aliphatic heterocycles. The van der Waals surface area contributed by atoms with Crippen LogP contribution in [-0.2, 0) is 4.74 Å². The van der Waals surface area contributed by atoms with Gasteiger partial charge in [0.25, 0.3) is 0 Å². The standard InChI is InChI=1S/C22H22F6N2O3/c1-32-20(31)17-4-2-15(10-18(17)23)19-5-3-16(11-29-19)33-12-14-6-8-30(9-7-14)13-21(24,25)22(26,27)28/h2-5,10-11,14H,6-9,12-13H2,1H3. The van der Waals surface area contributed by atoms with Crippen molar-refractivity contribution in [3.05, 3.63) is 47.9 Å². The van der Waals surface area contributed by atoms with E-state index in [2.05, 4.69) is 9.72 Å². The lowest BCUT2D eigenvalue weighted by Gasteiger charge is -2.34. The molecule has 0 saturated carbocycles. The molecule has 33 heavy (non-hydrogen) atoms. The second-order valence-corrected chi connectivity index (χ2v) is 7.80. The van der Waals surface area contributed by atoms with E-state index in [4.69, 9.17) is 4.74 Å². The van der Waals surface area contributed by atoms with Crippen molar-refractivity contribution in [1.29, 1.82) is 0 Å². The topological polar surface area (TPSA) is 51.7 Å². The van der Waals surface area contributed by atoms with Crippen molar-refractivity contribution in [3.63, 3.8) is 0 Å². The van der Waals surface area contributed by atoms with Gasteiger partial charge in [0.05, 0.1) is 37.7 Å². The Balaban J connectivity index is 1.50. The quantitative estimate of drug-likeness (QED) is 0.418. The van der Waals surface area contributed by atoms with Gasteiger partial charge < -0.3 is 9.47 Å². The van der Waals surface area contributed by atoms with Crippen molar-refractivity contribution in [2.24, 2.45) is 5.92 Å². The summed E-state index contributed by atoms with van der Waals surface area (Å²) in [6.07, 6.45) is -3.24. The average Bonchev–Trinajstić information content (AvgIpc) is 2.77. The number of piperidine rings is 1. The molecule has 1 fully saturated rings. The van der Waals surface area contributed by atoms with Gasteiger partial charge in [-0.3, -0.25) is 9.88 Å². The zero-order valence-electron chi connectivity index (χ0n) is 17.7. The average molecular weight is 476 g/mol. The van der Waals surface area contributed by atoms with Crippen LogP contribution in [-0.4, -0.2) is 61.3 Å². The Bertz CT molecular complexity index is 958. The molecule has 180 valence electrons. The third kappa shape index (κ3) is 6.16. The third-order valence-corrected chi connectivity index (χ3v) is 5.44. The number of methoxy groups -OCH3 is 1. The summed E-state index contributed by atoms with van der Waals surface area (Å²) in [6.45, 7) is -0.808. The van der Waals surface area contributed by atoms with Crippen LogP contribution < -0.4 is 4.74 Å². The zero-order chi connectivity index (χ0) is 24.2. The fourth-order valence-electron chi connectivity index (χ4n) is 3.48. The van der Waals surface area contributed by atoms with E-state index in [0.717, 1.165) is 12.0 Å². The minimum atomic E-state index is -5.55. The normalized spacial score (nSPS) is 16.0. The number of rotatable bonds is 7. The van der Waals surface area contributed by atoms with E-state index in [1.165, 1.54) is 24.4 Å². The Morgan fingerprint density at radius 3 is 2.36 bits per heavy atom. The number of alkyl halides is 5. The Kier molecular flexibility index (Phi) is 7.51. The van der Waals surface area contributed by atoms with E-state index in [9.17, 15) is 31.1 Å². The number of pyridine rings is 1. The summed E-state index contributed by atoms with van der Waals surface area (Å²) in [5.41, 5.74) is 0.723. The van der Waals surface area contributed by atoms with Crippen LogP contribution in [0.4, 0.5) is 26.3 Å². The molecule has 1 saturated heterocycles.